The van der Waals surface area contributed by atoms with Crippen LogP contribution in [-0.2, 0) is 6.61 Å². The normalized spacial score (nSPS) is 12.5. The molecule has 0 unspecified atom stereocenters. The number of hydrogen-bond acceptors (Lipinski definition) is 4. The zero-order valence-electron chi connectivity index (χ0n) is 11.1. The molecule has 0 aliphatic carbocycles. The Morgan fingerprint density at radius 3 is 2.74 bits per heavy atom. The number of benzene rings is 1. The molecule has 0 amide bonds. The van der Waals surface area contributed by atoms with Gasteiger partial charge in [-0.05, 0) is 32.9 Å². The number of hydrogen-bond donors (Lipinski definition) is 1. The van der Waals surface area contributed by atoms with Crippen LogP contribution < -0.4 is 4.74 Å². The number of aliphatic hydroxyl groups is 1. The largest absolute Gasteiger partial charge is 0.488 e. The minimum atomic E-state index is -0.576. The van der Waals surface area contributed by atoms with Crippen LogP contribution in [0, 0.1) is 13.8 Å². The molecule has 0 bridgehead atoms. The lowest BCUT2D eigenvalue weighted by Gasteiger charge is -2.13. The second-order valence-electron chi connectivity index (χ2n) is 4.45. The molecular weight excluding hydrogens is 310 g/mol. The first-order valence-corrected chi connectivity index (χ1v) is 6.80. The highest BCUT2D eigenvalue weighted by Gasteiger charge is 2.13. The standard InChI is InChI=1S/C14H16BrNO3/c1-8-13(10(3)19-16-8)7-18-14-6-11(15)4-5-12(14)9(2)17/h4-6,9,17H,7H2,1-3H3/t9-/m0/s1. The summed E-state index contributed by atoms with van der Waals surface area (Å²) in [5, 5.41) is 13.6. The number of aromatic nitrogens is 1. The summed E-state index contributed by atoms with van der Waals surface area (Å²) in [4.78, 5) is 0. The predicted octanol–water partition coefficient (Wildman–Crippen LogP) is 3.69. The quantitative estimate of drug-likeness (QED) is 0.931. The number of rotatable bonds is 4. The zero-order chi connectivity index (χ0) is 14.0. The van der Waals surface area contributed by atoms with Crippen molar-refractivity contribution in [1.29, 1.82) is 0 Å². The lowest BCUT2D eigenvalue weighted by atomic mass is 10.1. The van der Waals surface area contributed by atoms with E-state index in [1.54, 1.807) is 6.92 Å². The summed E-state index contributed by atoms with van der Waals surface area (Å²) >= 11 is 3.40. The number of aliphatic hydroxyl groups excluding tert-OH is 1. The SMILES string of the molecule is Cc1noc(C)c1COc1cc(Br)ccc1[C@H](C)O. The van der Waals surface area contributed by atoms with Gasteiger partial charge in [0.2, 0.25) is 0 Å². The summed E-state index contributed by atoms with van der Waals surface area (Å²) in [5.41, 5.74) is 2.53. The molecule has 4 nitrogen and oxygen atoms in total. The van der Waals surface area contributed by atoms with Crippen molar-refractivity contribution < 1.29 is 14.4 Å². The highest BCUT2D eigenvalue weighted by Crippen LogP contribution is 2.29. The molecule has 0 saturated heterocycles. The fourth-order valence-corrected chi connectivity index (χ4v) is 2.18. The minimum absolute atomic E-state index is 0.372. The van der Waals surface area contributed by atoms with Gasteiger partial charge in [0.1, 0.15) is 18.1 Å². The molecule has 0 saturated carbocycles. The molecule has 19 heavy (non-hydrogen) atoms. The van der Waals surface area contributed by atoms with E-state index in [-0.39, 0.29) is 0 Å². The van der Waals surface area contributed by atoms with Crippen molar-refractivity contribution in [3.8, 4) is 5.75 Å². The van der Waals surface area contributed by atoms with Crippen LogP contribution in [0.1, 0.15) is 35.6 Å². The van der Waals surface area contributed by atoms with Gasteiger partial charge in [-0.2, -0.15) is 0 Å². The van der Waals surface area contributed by atoms with E-state index in [0.29, 0.717) is 12.4 Å². The second kappa shape index (κ2) is 5.75. The van der Waals surface area contributed by atoms with Crippen LogP contribution in [0.3, 0.4) is 0 Å². The first-order valence-electron chi connectivity index (χ1n) is 6.01. The molecule has 5 heteroatoms. The Bertz CT molecular complexity index is 559. The lowest BCUT2D eigenvalue weighted by Crippen LogP contribution is -2.02. The average Bonchev–Trinajstić information content (AvgIpc) is 2.66. The van der Waals surface area contributed by atoms with E-state index in [9.17, 15) is 5.11 Å². The van der Waals surface area contributed by atoms with Crippen molar-refractivity contribution in [2.24, 2.45) is 0 Å². The van der Waals surface area contributed by atoms with Crippen LogP contribution in [-0.4, -0.2) is 10.3 Å². The van der Waals surface area contributed by atoms with Gasteiger partial charge in [0.15, 0.2) is 0 Å². The second-order valence-corrected chi connectivity index (χ2v) is 5.37. The minimum Gasteiger partial charge on any atom is -0.488 e. The summed E-state index contributed by atoms with van der Waals surface area (Å²) in [6.07, 6.45) is -0.576. The van der Waals surface area contributed by atoms with Crippen LogP contribution in [0.4, 0.5) is 0 Å². The molecule has 2 rings (SSSR count). The van der Waals surface area contributed by atoms with E-state index in [1.807, 2.05) is 32.0 Å². The van der Waals surface area contributed by atoms with E-state index in [2.05, 4.69) is 21.1 Å². The first kappa shape index (κ1) is 14.1. The summed E-state index contributed by atoms with van der Waals surface area (Å²) in [6, 6.07) is 5.57. The van der Waals surface area contributed by atoms with Gasteiger partial charge < -0.3 is 14.4 Å². The van der Waals surface area contributed by atoms with Gasteiger partial charge in [0.05, 0.1) is 17.4 Å². The van der Waals surface area contributed by atoms with Gasteiger partial charge in [0, 0.05) is 10.0 Å². The third kappa shape index (κ3) is 3.16. The van der Waals surface area contributed by atoms with Gasteiger partial charge in [-0.15, -0.1) is 0 Å². The van der Waals surface area contributed by atoms with Crippen molar-refractivity contribution in [2.75, 3.05) is 0 Å². The van der Waals surface area contributed by atoms with E-state index in [1.165, 1.54) is 0 Å². The Morgan fingerprint density at radius 2 is 2.16 bits per heavy atom. The molecule has 102 valence electrons. The molecule has 0 aliphatic heterocycles. The molecule has 1 heterocycles. The lowest BCUT2D eigenvalue weighted by molar-refractivity contribution is 0.190. The van der Waals surface area contributed by atoms with E-state index in [0.717, 1.165) is 27.1 Å². The zero-order valence-corrected chi connectivity index (χ0v) is 12.7. The number of halogens is 1. The number of ether oxygens (including phenoxy) is 1. The average molecular weight is 326 g/mol. The molecule has 0 aliphatic rings. The van der Waals surface area contributed by atoms with Gasteiger partial charge in [-0.1, -0.05) is 27.2 Å². The summed E-state index contributed by atoms with van der Waals surface area (Å²) < 4.78 is 11.8. The summed E-state index contributed by atoms with van der Waals surface area (Å²) in [6.45, 7) is 5.82. The van der Waals surface area contributed by atoms with Crippen molar-refractivity contribution >= 4 is 15.9 Å². The van der Waals surface area contributed by atoms with Crippen LogP contribution in [0.25, 0.3) is 0 Å². The van der Waals surface area contributed by atoms with Crippen molar-refractivity contribution in [3.05, 3.63) is 45.3 Å². The third-order valence-corrected chi connectivity index (χ3v) is 3.47. The molecule has 1 N–H and O–H groups in total. The Balaban J connectivity index is 2.22. The fourth-order valence-electron chi connectivity index (χ4n) is 1.84. The Kier molecular flexibility index (Phi) is 4.27. The molecule has 1 atom stereocenters. The molecule has 0 radical (unpaired) electrons. The molecule has 0 spiro atoms. The van der Waals surface area contributed by atoms with E-state index < -0.39 is 6.10 Å². The Morgan fingerprint density at radius 1 is 1.42 bits per heavy atom. The van der Waals surface area contributed by atoms with E-state index in [4.69, 9.17) is 9.26 Å². The van der Waals surface area contributed by atoms with Gasteiger partial charge in [-0.3, -0.25) is 0 Å². The fraction of sp³-hybridized carbons (Fsp3) is 0.357. The molecule has 1 aromatic carbocycles. The Hall–Kier alpha value is -1.33. The maximum Gasteiger partial charge on any atom is 0.140 e. The first-order chi connectivity index (χ1) is 8.99. The molecular formula is C14H16BrNO3. The monoisotopic (exact) mass is 325 g/mol. The van der Waals surface area contributed by atoms with Crippen LogP contribution in [0.2, 0.25) is 0 Å². The topological polar surface area (TPSA) is 55.5 Å². The van der Waals surface area contributed by atoms with Crippen molar-refractivity contribution in [2.45, 2.75) is 33.5 Å². The molecule has 2 aromatic rings. The van der Waals surface area contributed by atoms with Gasteiger partial charge >= 0.3 is 0 Å². The van der Waals surface area contributed by atoms with Crippen LogP contribution >= 0.6 is 15.9 Å². The van der Waals surface area contributed by atoms with Gasteiger partial charge in [-0.25, -0.2) is 0 Å². The van der Waals surface area contributed by atoms with Crippen LogP contribution in [0.5, 0.6) is 5.75 Å². The van der Waals surface area contributed by atoms with Crippen molar-refractivity contribution in [3.63, 3.8) is 0 Å². The highest BCUT2D eigenvalue weighted by molar-refractivity contribution is 9.10. The van der Waals surface area contributed by atoms with Gasteiger partial charge in [0.25, 0.3) is 0 Å². The third-order valence-electron chi connectivity index (χ3n) is 2.98. The van der Waals surface area contributed by atoms with Crippen molar-refractivity contribution in [1.82, 2.24) is 5.16 Å². The smallest absolute Gasteiger partial charge is 0.140 e. The number of nitrogens with zero attached hydrogens (tertiary/aromatic N) is 1. The predicted molar refractivity (Wildman–Crippen MR) is 75.1 cm³/mol. The van der Waals surface area contributed by atoms with E-state index >= 15 is 0 Å². The maximum absolute atomic E-state index is 9.74. The Labute approximate surface area is 120 Å². The summed E-state index contributed by atoms with van der Waals surface area (Å²) in [5.74, 6) is 1.41. The van der Waals surface area contributed by atoms with Crippen LogP contribution in [0.15, 0.2) is 27.2 Å². The maximum atomic E-state index is 9.74. The highest BCUT2D eigenvalue weighted by atomic mass is 79.9. The number of aryl methyl sites for hydroxylation is 2. The molecule has 1 aromatic heterocycles. The molecule has 0 fully saturated rings. The summed E-state index contributed by atoms with van der Waals surface area (Å²) in [7, 11) is 0.